The third-order valence-corrected chi connectivity index (χ3v) is 3.83. The van der Waals surface area contributed by atoms with E-state index in [1.165, 1.54) is 0 Å². The maximum atomic E-state index is 12.6. The molecular weight excluding hydrogens is 312 g/mol. The summed E-state index contributed by atoms with van der Waals surface area (Å²) in [7, 11) is 0. The van der Waals surface area contributed by atoms with Gasteiger partial charge in [-0.1, -0.05) is 42.5 Å². The number of amides is 1. The monoisotopic (exact) mass is 326 g/mol. The van der Waals surface area contributed by atoms with E-state index in [-0.39, 0.29) is 5.91 Å². The van der Waals surface area contributed by atoms with Gasteiger partial charge in [0.25, 0.3) is 5.91 Å². The second-order valence-electron chi connectivity index (χ2n) is 5.49. The zero-order valence-corrected chi connectivity index (χ0v) is 13.3. The Morgan fingerprint density at radius 1 is 0.800 bits per heavy atom. The summed E-state index contributed by atoms with van der Waals surface area (Å²) in [5, 5.41) is 3.65. The maximum Gasteiger partial charge on any atom is 0.256 e. The molecule has 2 aromatic carbocycles. The molecule has 0 aliphatic heterocycles. The van der Waals surface area contributed by atoms with Gasteiger partial charge in [-0.2, -0.15) is 0 Å². The average molecular weight is 326 g/mol. The number of hydrogen-bond donors (Lipinski definition) is 1. The molecule has 0 aliphatic carbocycles. The van der Waals surface area contributed by atoms with Crippen molar-refractivity contribution in [3.8, 4) is 11.4 Å². The molecule has 0 spiro atoms. The molecule has 0 saturated heterocycles. The van der Waals surface area contributed by atoms with Crippen LogP contribution in [0.1, 0.15) is 10.4 Å². The zero-order chi connectivity index (χ0) is 17.1. The molecule has 1 amide bonds. The third kappa shape index (κ3) is 3.07. The molecule has 1 N–H and O–H groups in total. The Kier molecular flexibility index (Phi) is 3.88. The lowest BCUT2D eigenvalue weighted by Crippen LogP contribution is -2.13. The van der Waals surface area contributed by atoms with Crippen molar-refractivity contribution in [2.45, 2.75) is 0 Å². The number of aromatic nitrogens is 3. The minimum atomic E-state index is -0.213. The van der Waals surface area contributed by atoms with Crippen molar-refractivity contribution in [2.24, 2.45) is 0 Å². The van der Waals surface area contributed by atoms with Crippen molar-refractivity contribution in [3.05, 3.63) is 84.8 Å². The van der Waals surface area contributed by atoms with Crippen LogP contribution in [0.4, 0.5) is 5.69 Å². The number of nitrogens with zero attached hydrogens (tertiary/aromatic N) is 3. The number of nitrogens with one attached hydrogen (secondary N) is 1. The van der Waals surface area contributed by atoms with Crippen molar-refractivity contribution in [1.29, 1.82) is 0 Å². The molecule has 4 aromatic rings. The molecule has 0 radical (unpaired) electrons. The highest BCUT2D eigenvalue weighted by atomic mass is 16.1. The second kappa shape index (κ2) is 6.49. The molecule has 5 heteroatoms. The lowest BCUT2D eigenvalue weighted by Gasteiger charge is -2.08. The summed E-state index contributed by atoms with van der Waals surface area (Å²) in [6, 6.07) is 18.9. The number of carbonyl (C=O) groups is 1. The predicted octanol–water partition coefficient (Wildman–Crippen LogP) is 3.94. The van der Waals surface area contributed by atoms with Crippen LogP contribution in [-0.4, -0.2) is 20.9 Å². The van der Waals surface area contributed by atoms with Crippen LogP contribution in [0.2, 0.25) is 0 Å². The first-order valence-corrected chi connectivity index (χ1v) is 7.84. The smallest absolute Gasteiger partial charge is 0.256 e. The normalized spacial score (nSPS) is 10.6. The summed E-state index contributed by atoms with van der Waals surface area (Å²) in [4.78, 5) is 25.5. The van der Waals surface area contributed by atoms with Gasteiger partial charge in [0.1, 0.15) is 0 Å². The Balaban J connectivity index is 1.58. The molecule has 25 heavy (non-hydrogen) atoms. The first kappa shape index (κ1) is 15.0. The highest BCUT2D eigenvalue weighted by molar-refractivity contribution is 6.12. The van der Waals surface area contributed by atoms with Gasteiger partial charge in [-0.3, -0.25) is 9.78 Å². The van der Waals surface area contributed by atoms with Crippen molar-refractivity contribution in [3.63, 3.8) is 0 Å². The largest absolute Gasteiger partial charge is 0.319 e. The van der Waals surface area contributed by atoms with Gasteiger partial charge in [-0.05, 0) is 18.2 Å². The zero-order valence-electron chi connectivity index (χ0n) is 13.3. The number of fused-ring (bicyclic) bond motifs is 1. The molecule has 2 aromatic heterocycles. The summed E-state index contributed by atoms with van der Waals surface area (Å²) in [5.41, 5.74) is 2.83. The minimum Gasteiger partial charge on any atom is -0.319 e. The average Bonchev–Trinajstić information content (AvgIpc) is 2.69. The standard InChI is InChI=1S/C20H14N4O/c25-20(17-8-4-10-18-16(17)9-5-11-21-18)24-15-12-22-19(23-13-15)14-6-2-1-3-7-14/h1-13H,(H,24,25). The molecule has 0 fully saturated rings. The van der Waals surface area contributed by atoms with Crippen LogP contribution in [-0.2, 0) is 0 Å². The van der Waals surface area contributed by atoms with Gasteiger partial charge in [0.05, 0.1) is 23.6 Å². The summed E-state index contributed by atoms with van der Waals surface area (Å²) in [6.45, 7) is 0. The predicted molar refractivity (Wildman–Crippen MR) is 97.2 cm³/mol. The Hall–Kier alpha value is -3.60. The number of benzene rings is 2. The lowest BCUT2D eigenvalue weighted by atomic mass is 10.1. The van der Waals surface area contributed by atoms with E-state index < -0.39 is 0 Å². The van der Waals surface area contributed by atoms with Crippen molar-refractivity contribution in [1.82, 2.24) is 15.0 Å². The van der Waals surface area contributed by atoms with E-state index in [0.717, 1.165) is 16.5 Å². The van der Waals surface area contributed by atoms with Crippen LogP contribution in [0.25, 0.3) is 22.3 Å². The first-order chi connectivity index (χ1) is 12.3. The van der Waals surface area contributed by atoms with Crippen LogP contribution in [0, 0.1) is 0 Å². The molecule has 0 atom stereocenters. The molecule has 0 aliphatic rings. The summed E-state index contributed by atoms with van der Waals surface area (Å²) < 4.78 is 0. The fourth-order valence-corrected chi connectivity index (χ4v) is 2.63. The van der Waals surface area contributed by atoms with Crippen molar-refractivity contribution in [2.75, 3.05) is 5.32 Å². The molecule has 120 valence electrons. The number of anilines is 1. The second-order valence-corrected chi connectivity index (χ2v) is 5.49. The Morgan fingerprint density at radius 3 is 2.40 bits per heavy atom. The summed E-state index contributed by atoms with van der Waals surface area (Å²) in [5.74, 6) is 0.405. The number of hydrogen-bond acceptors (Lipinski definition) is 4. The Labute approximate surface area is 144 Å². The minimum absolute atomic E-state index is 0.213. The fourth-order valence-electron chi connectivity index (χ4n) is 2.63. The van der Waals surface area contributed by atoms with Gasteiger partial charge < -0.3 is 5.32 Å². The summed E-state index contributed by atoms with van der Waals surface area (Å²) >= 11 is 0. The summed E-state index contributed by atoms with van der Waals surface area (Å²) in [6.07, 6.45) is 4.92. The van der Waals surface area contributed by atoms with Crippen molar-refractivity contribution >= 4 is 22.5 Å². The molecule has 0 bridgehead atoms. The van der Waals surface area contributed by atoms with E-state index in [0.29, 0.717) is 17.1 Å². The van der Waals surface area contributed by atoms with Crippen LogP contribution in [0.3, 0.4) is 0 Å². The highest BCUT2D eigenvalue weighted by Gasteiger charge is 2.11. The molecule has 0 saturated carbocycles. The van der Waals surface area contributed by atoms with E-state index >= 15 is 0 Å². The molecule has 4 rings (SSSR count). The highest BCUT2D eigenvalue weighted by Crippen LogP contribution is 2.19. The van der Waals surface area contributed by atoms with Crippen LogP contribution in [0.15, 0.2) is 79.3 Å². The van der Waals surface area contributed by atoms with Crippen LogP contribution >= 0.6 is 0 Å². The van der Waals surface area contributed by atoms with E-state index in [9.17, 15) is 4.79 Å². The first-order valence-electron chi connectivity index (χ1n) is 7.84. The van der Waals surface area contributed by atoms with Gasteiger partial charge >= 0.3 is 0 Å². The van der Waals surface area contributed by atoms with Gasteiger partial charge in [0, 0.05) is 22.7 Å². The quantitative estimate of drug-likeness (QED) is 0.619. The van der Waals surface area contributed by atoms with E-state index in [4.69, 9.17) is 0 Å². The molecular formula is C20H14N4O. The van der Waals surface area contributed by atoms with E-state index in [2.05, 4.69) is 20.3 Å². The topological polar surface area (TPSA) is 67.8 Å². The molecule has 5 nitrogen and oxygen atoms in total. The van der Waals surface area contributed by atoms with E-state index in [1.54, 1.807) is 24.7 Å². The fraction of sp³-hybridized carbons (Fsp3) is 0. The number of carbonyl (C=O) groups excluding carboxylic acids is 1. The van der Waals surface area contributed by atoms with Gasteiger partial charge in [0.2, 0.25) is 0 Å². The third-order valence-electron chi connectivity index (χ3n) is 3.83. The number of rotatable bonds is 3. The number of pyridine rings is 1. The van der Waals surface area contributed by atoms with Gasteiger partial charge in [-0.25, -0.2) is 9.97 Å². The van der Waals surface area contributed by atoms with Gasteiger partial charge in [-0.15, -0.1) is 0 Å². The van der Waals surface area contributed by atoms with Crippen LogP contribution in [0.5, 0.6) is 0 Å². The maximum absolute atomic E-state index is 12.6. The van der Waals surface area contributed by atoms with Crippen molar-refractivity contribution < 1.29 is 4.79 Å². The van der Waals surface area contributed by atoms with Crippen LogP contribution < -0.4 is 5.32 Å². The molecule has 2 heterocycles. The molecule has 0 unspecified atom stereocenters. The SMILES string of the molecule is O=C(Nc1cnc(-c2ccccc2)nc1)c1cccc2ncccc12. The van der Waals surface area contributed by atoms with Gasteiger partial charge in [0.15, 0.2) is 5.82 Å². The van der Waals surface area contributed by atoms with E-state index in [1.807, 2.05) is 54.6 Å². The Bertz CT molecular complexity index is 1020. The lowest BCUT2D eigenvalue weighted by molar-refractivity contribution is 0.102. The Morgan fingerprint density at radius 2 is 1.60 bits per heavy atom.